The summed E-state index contributed by atoms with van der Waals surface area (Å²) in [5.41, 5.74) is 1.51. The van der Waals surface area contributed by atoms with Crippen LogP contribution in [-0.4, -0.2) is 6.54 Å². The van der Waals surface area contributed by atoms with Crippen molar-refractivity contribution in [3.8, 4) is 0 Å². The van der Waals surface area contributed by atoms with Gasteiger partial charge in [0.15, 0.2) is 0 Å². The standard InChI is InChI=1S/C16H15BrF3N/c1-3-21-16(10-4-9(2)5-11(17)6-10)15-13(19)7-12(18)8-14(15)20/h4-8,16,21H,3H2,1-2H3. The number of nitrogens with one attached hydrogen (secondary N) is 1. The molecule has 0 heterocycles. The molecule has 0 spiro atoms. The van der Waals surface area contributed by atoms with E-state index in [0.717, 1.165) is 10.0 Å². The Labute approximate surface area is 130 Å². The molecule has 0 aromatic heterocycles. The number of hydrogen-bond acceptors (Lipinski definition) is 1. The summed E-state index contributed by atoms with van der Waals surface area (Å²) in [5, 5.41) is 3.05. The van der Waals surface area contributed by atoms with Gasteiger partial charge in [0.2, 0.25) is 0 Å². The molecule has 0 amide bonds. The normalized spacial score (nSPS) is 12.5. The molecule has 0 aliphatic heterocycles. The van der Waals surface area contributed by atoms with E-state index in [2.05, 4.69) is 21.2 Å². The Kier molecular flexibility index (Phi) is 5.06. The summed E-state index contributed by atoms with van der Waals surface area (Å²) < 4.78 is 42.0. The predicted molar refractivity (Wildman–Crippen MR) is 80.7 cm³/mol. The van der Waals surface area contributed by atoms with E-state index in [9.17, 15) is 13.2 Å². The van der Waals surface area contributed by atoms with Gasteiger partial charge in [-0.2, -0.15) is 0 Å². The summed E-state index contributed by atoms with van der Waals surface area (Å²) in [7, 11) is 0. The molecule has 0 saturated heterocycles. The second-order valence-corrected chi connectivity index (χ2v) is 5.75. The fourth-order valence-corrected chi connectivity index (χ4v) is 2.98. The lowest BCUT2D eigenvalue weighted by Gasteiger charge is -2.21. The fraction of sp³-hybridized carbons (Fsp3) is 0.250. The van der Waals surface area contributed by atoms with Crippen LogP contribution in [-0.2, 0) is 0 Å². The molecule has 0 aliphatic carbocycles. The van der Waals surface area contributed by atoms with E-state index in [0.29, 0.717) is 24.2 Å². The maximum absolute atomic E-state index is 14.0. The van der Waals surface area contributed by atoms with Gasteiger partial charge in [-0.15, -0.1) is 0 Å². The van der Waals surface area contributed by atoms with Crippen molar-refractivity contribution in [1.29, 1.82) is 0 Å². The van der Waals surface area contributed by atoms with Gasteiger partial charge in [0.1, 0.15) is 17.5 Å². The monoisotopic (exact) mass is 357 g/mol. The van der Waals surface area contributed by atoms with Gasteiger partial charge in [-0.1, -0.05) is 28.9 Å². The van der Waals surface area contributed by atoms with Crippen molar-refractivity contribution in [1.82, 2.24) is 5.32 Å². The van der Waals surface area contributed by atoms with Crippen LogP contribution in [0.3, 0.4) is 0 Å². The highest BCUT2D eigenvalue weighted by Gasteiger charge is 2.22. The van der Waals surface area contributed by atoms with Crippen molar-refractivity contribution in [3.05, 3.63) is 68.9 Å². The maximum Gasteiger partial charge on any atom is 0.134 e. The lowest BCUT2D eigenvalue weighted by Crippen LogP contribution is -2.24. The van der Waals surface area contributed by atoms with Crippen LogP contribution in [0.5, 0.6) is 0 Å². The van der Waals surface area contributed by atoms with Gasteiger partial charge in [0.25, 0.3) is 0 Å². The SMILES string of the molecule is CCNC(c1cc(C)cc(Br)c1)c1c(F)cc(F)cc1F. The largest absolute Gasteiger partial charge is 0.306 e. The molecule has 2 aromatic carbocycles. The minimum absolute atomic E-state index is 0.171. The summed E-state index contributed by atoms with van der Waals surface area (Å²) in [6, 6.07) is 6.28. The van der Waals surface area contributed by atoms with Gasteiger partial charge in [-0.25, -0.2) is 13.2 Å². The van der Waals surface area contributed by atoms with Crippen molar-refractivity contribution >= 4 is 15.9 Å². The second kappa shape index (κ2) is 6.62. The zero-order valence-corrected chi connectivity index (χ0v) is 13.3. The summed E-state index contributed by atoms with van der Waals surface area (Å²) in [6.07, 6.45) is 0. The molecule has 1 N–H and O–H groups in total. The van der Waals surface area contributed by atoms with Crippen LogP contribution in [0, 0.1) is 24.4 Å². The van der Waals surface area contributed by atoms with E-state index in [1.807, 2.05) is 26.0 Å². The van der Waals surface area contributed by atoms with Crippen molar-refractivity contribution in [3.63, 3.8) is 0 Å². The number of halogens is 4. The minimum atomic E-state index is -0.922. The Morgan fingerprint density at radius 3 is 2.19 bits per heavy atom. The molecule has 1 unspecified atom stereocenters. The van der Waals surface area contributed by atoms with Crippen LogP contribution in [0.2, 0.25) is 0 Å². The van der Waals surface area contributed by atoms with E-state index >= 15 is 0 Å². The summed E-state index contributed by atoms with van der Waals surface area (Å²) >= 11 is 3.38. The van der Waals surface area contributed by atoms with Gasteiger partial charge in [-0.3, -0.25) is 0 Å². The molecule has 0 saturated carbocycles. The van der Waals surface area contributed by atoms with Crippen LogP contribution in [0.1, 0.15) is 29.7 Å². The quantitative estimate of drug-likeness (QED) is 0.822. The Morgan fingerprint density at radius 2 is 1.67 bits per heavy atom. The first kappa shape index (κ1) is 16.0. The smallest absolute Gasteiger partial charge is 0.134 e. The van der Waals surface area contributed by atoms with Gasteiger partial charge in [0, 0.05) is 22.2 Å². The highest BCUT2D eigenvalue weighted by molar-refractivity contribution is 9.10. The minimum Gasteiger partial charge on any atom is -0.306 e. The molecule has 0 aliphatic rings. The summed E-state index contributed by atoms with van der Waals surface area (Å²) in [5.74, 6) is -2.71. The van der Waals surface area contributed by atoms with Crippen LogP contribution in [0.25, 0.3) is 0 Å². The number of aryl methyl sites for hydroxylation is 1. The molecule has 112 valence electrons. The number of benzene rings is 2. The highest BCUT2D eigenvalue weighted by atomic mass is 79.9. The molecular formula is C16H15BrF3N. The molecule has 0 fully saturated rings. The fourth-order valence-electron chi connectivity index (χ4n) is 2.35. The molecule has 2 rings (SSSR count). The molecule has 5 heteroatoms. The van der Waals surface area contributed by atoms with Crippen molar-refractivity contribution in [2.45, 2.75) is 19.9 Å². The topological polar surface area (TPSA) is 12.0 Å². The third-order valence-corrected chi connectivity index (χ3v) is 3.60. The van der Waals surface area contributed by atoms with Gasteiger partial charge >= 0.3 is 0 Å². The molecule has 1 nitrogen and oxygen atoms in total. The number of rotatable bonds is 4. The van der Waals surface area contributed by atoms with Crippen LogP contribution < -0.4 is 5.32 Å². The van der Waals surface area contributed by atoms with Crippen molar-refractivity contribution < 1.29 is 13.2 Å². The molecule has 0 bridgehead atoms. The zero-order chi connectivity index (χ0) is 15.6. The summed E-state index contributed by atoms with van der Waals surface area (Å²) in [6.45, 7) is 4.26. The average molecular weight is 358 g/mol. The predicted octanol–water partition coefficient (Wildman–Crippen LogP) is 4.87. The first-order chi connectivity index (χ1) is 9.92. The summed E-state index contributed by atoms with van der Waals surface area (Å²) in [4.78, 5) is 0. The lowest BCUT2D eigenvalue weighted by atomic mass is 9.96. The Bertz CT molecular complexity index is 615. The first-order valence-corrected chi connectivity index (χ1v) is 7.36. The molecular weight excluding hydrogens is 343 g/mol. The lowest BCUT2D eigenvalue weighted by molar-refractivity contribution is 0.491. The van der Waals surface area contributed by atoms with E-state index in [4.69, 9.17) is 0 Å². The molecule has 0 radical (unpaired) electrons. The Balaban J connectivity index is 2.58. The van der Waals surface area contributed by atoms with Crippen molar-refractivity contribution in [2.24, 2.45) is 0 Å². The zero-order valence-electron chi connectivity index (χ0n) is 11.7. The Morgan fingerprint density at radius 1 is 1.05 bits per heavy atom. The first-order valence-electron chi connectivity index (χ1n) is 6.57. The Hall–Kier alpha value is -1.33. The third-order valence-electron chi connectivity index (χ3n) is 3.14. The molecule has 1 atom stereocenters. The van der Waals surface area contributed by atoms with Crippen LogP contribution >= 0.6 is 15.9 Å². The van der Waals surface area contributed by atoms with E-state index in [-0.39, 0.29) is 5.56 Å². The second-order valence-electron chi connectivity index (χ2n) is 4.84. The van der Waals surface area contributed by atoms with Gasteiger partial charge in [0.05, 0.1) is 6.04 Å². The van der Waals surface area contributed by atoms with Gasteiger partial charge in [-0.05, 0) is 36.7 Å². The maximum atomic E-state index is 14.0. The van der Waals surface area contributed by atoms with Crippen molar-refractivity contribution in [2.75, 3.05) is 6.54 Å². The van der Waals surface area contributed by atoms with E-state index in [1.54, 1.807) is 6.07 Å². The molecule has 2 aromatic rings. The van der Waals surface area contributed by atoms with Gasteiger partial charge < -0.3 is 5.32 Å². The van der Waals surface area contributed by atoms with Crippen LogP contribution in [0.4, 0.5) is 13.2 Å². The van der Waals surface area contributed by atoms with E-state index in [1.165, 1.54) is 0 Å². The highest BCUT2D eigenvalue weighted by Crippen LogP contribution is 2.30. The molecule has 21 heavy (non-hydrogen) atoms. The van der Waals surface area contributed by atoms with E-state index < -0.39 is 23.5 Å². The third kappa shape index (κ3) is 3.66. The number of hydrogen-bond donors (Lipinski definition) is 1. The average Bonchev–Trinajstić information content (AvgIpc) is 2.35. The van der Waals surface area contributed by atoms with Crippen LogP contribution in [0.15, 0.2) is 34.8 Å².